The summed E-state index contributed by atoms with van der Waals surface area (Å²) in [5.74, 6) is 0.579. The average molecular weight is 287 g/mol. The highest BCUT2D eigenvalue weighted by Gasteiger charge is 2.37. The van der Waals surface area contributed by atoms with E-state index in [0.29, 0.717) is 25.3 Å². The minimum atomic E-state index is -0.908. The minimum absolute atomic E-state index is 0.229. The Morgan fingerprint density at radius 2 is 1.90 bits per heavy atom. The van der Waals surface area contributed by atoms with Gasteiger partial charge >= 0.3 is 0 Å². The highest BCUT2D eigenvalue weighted by atomic mass is 16.5. The van der Waals surface area contributed by atoms with Gasteiger partial charge in [0.05, 0.1) is 11.1 Å². The lowest BCUT2D eigenvalue weighted by molar-refractivity contribution is 0.0742. The normalized spacial score (nSPS) is 18.3. The summed E-state index contributed by atoms with van der Waals surface area (Å²) in [6.45, 7) is 8.61. The van der Waals surface area contributed by atoms with Crippen LogP contribution in [0, 0.1) is 0 Å². The van der Waals surface area contributed by atoms with Crippen molar-refractivity contribution in [3.8, 4) is 0 Å². The van der Waals surface area contributed by atoms with Crippen LogP contribution in [-0.2, 0) is 4.74 Å². The maximum absolute atomic E-state index is 11.0. The molecule has 1 aromatic carbocycles. The van der Waals surface area contributed by atoms with Crippen LogP contribution in [0.1, 0.15) is 46.1 Å². The van der Waals surface area contributed by atoms with E-state index in [9.17, 15) is 5.11 Å². The molecular weight excluding hydrogens is 262 g/mol. The highest BCUT2D eigenvalue weighted by molar-refractivity contribution is 6.01. The summed E-state index contributed by atoms with van der Waals surface area (Å²) in [5, 5.41) is 11.0. The summed E-state index contributed by atoms with van der Waals surface area (Å²) >= 11 is 0. The van der Waals surface area contributed by atoms with Crippen molar-refractivity contribution in [1.29, 1.82) is 0 Å². The predicted molar refractivity (Wildman–Crippen MR) is 87.4 cm³/mol. The molecule has 0 atom stereocenters. The Morgan fingerprint density at radius 1 is 1.29 bits per heavy atom. The summed E-state index contributed by atoms with van der Waals surface area (Å²) in [4.78, 5) is 4.65. The van der Waals surface area contributed by atoms with E-state index in [0.717, 1.165) is 11.1 Å². The largest absolute Gasteiger partial charge is 0.475 e. The molecule has 21 heavy (non-hydrogen) atoms. The van der Waals surface area contributed by atoms with Crippen LogP contribution in [0.25, 0.3) is 6.08 Å². The van der Waals surface area contributed by atoms with Crippen molar-refractivity contribution in [3.05, 3.63) is 41.5 Å². The Hall–Kier alpha value is -1.61. The number of hydrogen-bond donors (Lipinski definition) is 1. The van der Waals surface area contributed by atoms with E-state index >= 15 is 0 Å². The molecule has 0 fully saturated rings. The molecule has 2 rings (SSSR count). The molecule has 1 aromatic rings. The first-order valence-corrected chi connectivity index (χ1v) is 7.63. The van der Waals surface area contributed by atoms with Gasteiger partial charge in [0.2, 0.25) is 5.90 Å². The molecule has 0 saturated carbocycles. The monoisotopic (exact) mass is 287 g/mol. The molecule has 1 N–H and O–H groups in total. The third-order valence-corrected chi connectivity index (χ3v) is 3.98. The summed E-state index contributed by atoms with van der Waals surface area (Å²) in [6, 6.07) is 10.00. The lowest BCUT2D eigenvalue weighted by Crippen LogP contribution is -2.33. The first kappa shape index (κ1) is 15.8. The van der Waals surface area contributed by atoms with Crippen LogP contribution in [0.15, 0.2) is 40.9 Å². The van der Waals surface area contributed by atoms with Gasteiger partial charge in [-0.2, -0.15) is 0 Å². The van der Waals surface area contributed by atoms with Crippen molar-refractivity contribution in [2.45, 2.75) is 51.7 Å². The van der Waals surface area contributed by atoms with Crippen molar-refractivity contribution in [1.82, 2.24) is 0 Å². The molecule has 0 radical (unpaired) electrons. The van der Waals surface area contributed by atoms with E-state index in [1.165, 1.54) is 0 Å². The molecule has 0 saturated heterocycles. The molecule has 114 valence electrons. The number of aliphatic hydroxyl groups is 1. The SMILES string of the molecule is CCC(O)(CC)/C(=C/c1ccccc1)C1=NC(C)(C)CO1. The Kier molecular flexibility index (Phi) is 4.52. The summed E-state index contributed by atoms with van der Waals surface area (Å²) < 4.78 is 5.77. The number of ether oxygens (including phenoxy) is 1. The van der Waals surface area contributed by atoms with Gasteiger partial charge in [0.25, 0.3) is 0 Å². The quantitative estimate of drug-likeness (QED) is 0.894. The van der Waals surface area contributed by atoms with E-state index < -0.39 is 5.60 Å². The Bertz CT molecular complexity index is 540. The van der Waals surface area contributed by atoms with Gasteiger partial charge in [-0.3, -0.25) is 0 Å². The Balaban J connectivity index is 2.48. The Labute approximate surface area is 127 Å². The molecule has 0 bridgehead atoms. The van der Waals surface area contributed by atoms with Crippen LogP contribution < -0.4 is 0 Å². The first-order chi connectivity index (χ1) is 9.90. The van der Waals surface area contributed by atoms with Crippen molar-refractivity contribution in [2.24, 2.45) is 4.99 Å². The van der Waals surface area contributed by atoms with Gasteiger partial charge in [0.15, 0.2) is 0 Å². The van der Waals surface area contributed by atoms with E-state index in [-0.39, 0.29) is 5.54 Å². The van der Waals surface area contributed by atoms with E-state index in [2.05, 4.69) is 4.99 Å². The maximum Gasteiger partial charge on any atom is 0.215 e. The van der Waals surface area contributed by atoms with E-state index in [1.807, 2.05) is 64.1 Å². The molecule has 0 aliphatic carbocycles. The second-order valence-corrected chi connectivity index (χ2v) is 6.23. The van der Waals surface area contributed by atoms with Crippen LogP contribution in [0.5, 0.6) is 0 Å². The topological polar surface area (TPSA) is 41.8 Å². The summed E-state index contributed by atoms with van der Waals surface area (Å²) in [5.41, 5.74) is 0.691. The maximum atomic E-state index is 11.0. The van der Waals surface area contributed by atoms with Gasteiger partial charge in [-0.05, 0) is 38.3 Å². The fraction of sp³-hybridized carbons (Fsp3) is 0.500. The fourth-order valence-electron chi connectivity index (χ4n) is 2.46. The molecule has 3 nitrogen and oxygen atoms in total. The zero-order chi connectivity index (χ0) is 15.5. The van der Waals surface area contributed by atoms with Crippen molar-refractivity contribution in [2.75, 3.05) is 6.61 Å². The van der Waals surface area contributed by atoms with Gasteiger partial charge in [-0.15, -0.1) is 0 Å². The third-order valence-electron chi connectivity index (χ3n) is 3.98. The van der Waals surface area contributed by atoms with Gasteiger partial charge in [0.1, 0.15) is 6.61 Å². The second-order valence-electron chi connectivity index (χ2n) is 6.23. The highest BCUT2D eigenvalue weighted by Crippen LogP contribution is 2.32. The lowest BCUT2D eigenvalue weighted by Gasteiger charge is -2.28. The van der Waals surface area contributed by atoms with Crippen LogP contribution in [-0.4, -0.2) is 28.8 Å². The summed E-state index contributed by atoms with van der Waals surface area (Å²) in [6.07, 6.45) is 3.25. The lowest BCUT2D eigenvalue weighted by atomic mass is 9.86. The van der Waals surface area contributed by atoms with E-state index in [1.54, 1.807) is 0 Å². The van der Waals surface area contributed by atoms with Crippen molar-refractivity contribution in [3.63, 3.8) is 0 Å². The molecule has 0 aromatic heterocycles. The van der Waals surface area contributed by atoms with Crippen molar-refractivity contribution >= 4 is 12.0 Å². The molecule has 0 unspecified atom stereocenters. The van der Waals surface area contributed by atoms with Gasteiger partial charge in [0, 0.05) is 5.57 Å². The standard InChI is InChI=1S/C18H25NO2/c1-5-18(20,6-2)15(12-14-10-8-7-9-11-14)16-19-17(3,4)13-21-16/h7-12,20H,5-6,13H2,1-4H3/b15-12+. The number of nitrogens with zero attached hydrogens (tertiary/aromatic N) is 1. The number of hydrogen-bond acceptors (Lipinski definition) is 3. The molecule has 1 heterocycles. The van der Waals surface area contributed by atoms with Crippen LogP contribution >= 0.6 is 0 Å². The molecular formula is C18H25NO2. The molecule has 3 heteroatoms. The van der Waals surface area contributed by atoms with Gasteiger partial charge in [-0.25, -0.2) is 4.99 Å². The zero-order valence-electron chi connectivity index (χ0n) is 13.4. The van der Waals surface area contributed by atoms with Crippen LogP contribution in [0.2, 0.25) is 0 Å². The molecule has 1 aliphatic heterocycles. The minimum Gasteiger partial charge on any atom is -0.475 e. The Morgan fingerprint density at radius 3 is 2.38 bits per heavy atom. The number of benzene rings is 1. The molecule has 0 spiro atoms. The third kappa shape index (κ3) is 3.53. The predicted octanol–water partition coefficient (Wildman–Crippen LogP) is 3.83. The smallest absolute Gasteiger partial charge is 0.215 e. The average Bonchev–Trinajstić information content (AvgIpc) is 2.85. The fourth-order valence-corrected chi connectivity index (χ4v) is 2.46. The summed E-state index contributed by atoms with van der Waals surface area (Å²) in [7, 11) is 0. The molecule has 0 amide bonds. The number of rotatable bonds is 5. The number of aliphatic imine (C=N–C) groups is 1. The molecule has 1 aliphatic rings. The van der Waals surface area contributed by atoms with Crippen LogP contribution in [0.4, 0.5) is 0 Å². The van der Waals surface area contributed by atoms with Crippen molar-refractivity contribution < 1.29 is 9.84 Å². The van der Waals surface area contributed by atoms with Gasteiger partial charge in [-0.1, -0.05) is 44.2 Å². The van der Waals surface area contributed by atoms with Gasteiger partial charge < -0.3 is 9.84 Å². The van der Waals surface area contributed by atoms with E-state index in [4.69, 9.17) is 4.74 Å². The van der Waals surface area contributed by atoms with Crippen LogP contribution in [0.3, 0.4) is 0 Å². The second kappa shape index (κ2) is 6.02. The first-order valence-electron chi connectivity index (χ1n) is 7.63. The zero-order valence-corrected chi connectivity index (χ0v) is 13.4.